The summed E-state index contributed by atoms with van der Waals surface area (Å²) in [5.74, 6) is 0. The molecule has 4 aromatic carbocycles. The minimum absolute atomic E-state index is 1.15. The average molecular weight is 396 g/mol. The molecule has 1 nitrogen and oxygen atoms in total. The van der Waals surface area contributed by atoms with Crippen molar-refractivity contribution >= 4 is 17.1 Å². The van der Waals surface area contributed by atoms with Gasteiger partial charge < -0.3 is 4.90 Å². The van der Waals surface area contributed by atoms with Crippen LogP contribution in [0.2, 0.25) is 0 Å². The molecule has 154 valence electrons. The van der Waals surface area contributed by atoms with Crippen molar-refractivity contribution in [2.75, 3.05) is 4.90 Å². The van der Waals surface area contributed by atoms with E-state index in [0.29, 0.717) is 0 Å². The van der Waals surface area contributed by atoms with Crippen molar-refractivity contribution < 1.29 is 0 Å². The lowest BCUT2D eigenvalue weighted by Gasteiger charge is -2.25. The van der Waals surface area contributed by atoms with E-state index < -0.39 is 0 Å². The van der Waals surface area contributed by atoms with Crippen molar-refractivity contribution in [3.8, 4) is 11.1 Å². The Morgan fingerprint density at radius 2 is 0.733 bits per heavy atom. The molecule has 0 amide bonds. The molecule has 0 heterocycles. The topological polar surface area (TPSA) is 3.24 Å². The summed E-state index contributed by atoms with van der Waals surface area (Å²) in [6.45, 7) is 10.1. The van der Waals surface area contributed by atoms with E-state index in [1.165, 1.54) is 16.7 Å². The maximum absolute atomic E-state index is 2.28. The first-order valence-electron chi connectivity index (χ1n) is 10.9. The second-order valence-corrected chi connectivity index (χ2v) is 6.42. The summed E-state index contributed by atoms with van der Waals surface area (Å²) >= 11 is 0. The van der Waals surface area contributed by atoms with Gasteiger partial charge in [-0.25, -0.2) is 0 Å². The molecule has 0 N–H and O–H groups in total. The highest BCUT2D eigenvalue weighted by Gasteiger charge is 2.11. The lowest BCUT2D eigenvalue weighted by Crippen LogP contribution is -2.09. The molecule has 30 heavy (non-hydrogen) atoms. The first-order valence-corrected chi connectivity index (χ1v) is 10.9. The van der Waals surface area contributed by atoms with E-state index in [1.807, 2.05) is 39.8 Å². The predicted molar refractivity (Wildman–Crippen MR) is 134 cm³/mol. The van der Waals surface area contributed by atoms with E-state index in [2.05, 4.69) is 109 Å². The summed E-state index contributed by atoms with van der Waals surface area (Å²) in [6, 6.07) is 38.4. The maximum atomic E-state index is 2.28. The third kappa shape index (κ3) is 5.84. The van der Waals surface area contributed by atoms with Gasteiger partial charge in [0.2, 0.25) is 0 Å². The number of hydrogen-bond donors (Lipinski definition) is 0. The summed E-state index contributed by atoms with van der Waals surface area (Å²) in [6.07, 6.45) is 0. The predicted octanol–water partition coefficient (Wildman–Crippen LogP) is 9.18. The second kappa shape index (κ2) is 12.3. The molecule has 0 saturated heterocycles. The van der Waals surface area contributed by atoms with Crippen LogP contribution in [0.15, 0.2) is 109 Å². The highest BCUT2D eigenvalue weighted by atomic mass is 15.1. The number of benzene rings is 4. The Balaban J connectivity index is 0.000000757. The molecule has 4 aromatic rings. The van der Waals surface area contributed by atoms with Crippen LogP contribution < -0.4 is 4.90 Å². The van der Waals surface area contributed by atoms with Gasteiger partial charge in [0.05, 0.1) is 0 Å². The van der Waals surface area contributed by atoms with Crippen LogP contribution in [0.5, 0.6) is 0 Å². The van der Waals surface area contributed by atoms with Crippen molar-refractivity contribution in [3.05, 3.63) is 115 Å². The molecule has 0 atom stereocenters. The maximum Gasteiger partial charge on any atom is 0.0462 e. The minimum atomic E-state index is 1.15. The van der Waals surface area contributed by atoms with Crippen LogP contribution in [0.1, 0.15) is 33.3 Å². The zero-order chi connectivity index (χ0) is 21.8. The molecule has 1 heteroatoms. The van der Waals surface area contributed by atoms with Crippen molar-refractivity contribution in [1.29, 1.82) is 0 Å². The molecular formula is C29H33N. The highest BCUT2D eigenvalue weighted by molar-refractivity contribution is 5.78. The Kier molecular flexibility index (Phi) is 9.40. The van der Waals surface area contributed by atoms with Gasteiger partial charge >= 0.3 is 0 Å². The molecule has 0 fully saturated rings. The number of para-hydroxylation sites is 2. The van der Waals surface area contributed by atoms with Gasteiger partial charge in [0.25, 0.3) is 0 Å². The summed E-state index contributed by atoms with van der Waals surface area (Å²) in [7, 11) is 0. The zero-order valence-corrected chi connectivity index (χ0v) is 18.8. The van der Waals surface area contributed by atoms with E-state index in [1.54, 1.807) is 0 Å². The molecule has 0 radical (unpaired) electrons. The molecule has 0 aliphatic rings. The molecule has 0 spiro atoms. The third-order valence-electron chi connectivity index (χ3n) is 4.54. The highest BCUT2D eigenvalue weighted by Crippen LogP contribution is 2.35. The van der Waals surface area contributed by atoms with Gasteiger partial charge in [0.1, 0.15) is 0 Å². The summed E-state index contributed by atoms with van der Waals surface area (Å²) < 4.78 is 0. The van der Waals surface area contributed by atoms with E-state index in [-0.39, 0.29) is 0 Å². The van der Waals surface area contributed by atoms with Crippen LogP contribution in [-0.2, 0) is 0 Å². The molecule has 0 aliphatic heterocycles. The molecule has 0 unspecified atom stereocenters. The van der Waals surface area contributed by atoms with Crippen LogP contribution in [0.25, 0.3) is 11.1 Å². The fourth-order valence-corrected chi connectivity index (χ4v) is 3.15. The van der Waals surface area contributed by atoms with Gasteiger partial charge in [-0.15, -0.1) is 0 Å². The molecule has 4 rings (SSSR count). The molecule has 0 saturated carbocycles. The van der Waals surface area contributed by atoms with Crippen LogP contribution >= 0.6 is 0 Å². The zero-order valence-electron chi connectivity index (χ0n) is 18.8. The Labute approximate surface area is 182 Å². The molecule has 0 aromatic heterocycles. The quantitative estimate of drug-likeness (QED) is 0.333. The summed E-state index contributed by atoms with van der Waals surface area (Å²) in [5.41, 5.74) is 7.22. The number of aryl methyl sites for hydroxylation is 1. The number of anilines is 3. The fraction of sp³-hybridized carbons (Fsp3) is 0.172. The standard InChI is InChI=1S/C25H21N.2C2H6/c1-20-12-14-21(15-13-20)22-16-18-25(19-17-22)26(23-8-4-2-5-9-23)24-10-6-3-7-11-24;2*1-2/h2-19H,1H3;2*1-2H3. The van der Waals surface area contributed by atoms with Crippen molar-refractivity contribution in [2.45, 2.75) is 34.6 Å². The van der Waals surface area contributed by atoms with Crippen LogP contribution in [0.4, 0.5) is 17.1 Å². The van der Waals surface area contributed by atoms with E-state index in [0.717, 1.165) is 17.1 Å². The van der Waals surface area contributed by atoms with Gasteiger partial charge in [-0.1, -0.05) is 106 Å². The number of hydrogen-bond acceptors (Lipinski definition) is 1. The number of nitrogens with zero attached hydrogens (tertiary/aromatic N) is 1. The van der Waals surface area contributed by atoms with E-state index in [4.69, 9.17) is 0 Å². The molecule has 0 bridgehead atoms. The average Bonchev–Trinajstić information content (AvgIpc) is 2.84. The Morgan fingerprint density at radius 1 is 0.400 bits per heavy atom. The van der Waals surface area contributed by atoms with E-state index in [9.17, 15) is 0 Å². The van der Waals surface area contributed by atoms with Gasteiger partial charge in [-0.05, 0) is 54.4 Å². The first-order chi connectivity index (χ1) is 14.8. The Bertz CT molecular complexity index is 917. The van der Waals surface area contributed by atoms with Crippen LogP contribution in [0.3, 0.4) is 0 Å². The first kappa shape index (κ1) is 23.0. The lowest BCUT2D eigenvalue weighted by molar-refractivity contribution is 1.28. The van der Waals surface area contributed by atoms with Crippen LogP contribution in [-0.4, -0.2) is 0 Å². The lowest BCUT2D eigenvalue weighted by atomic mass is 10.0. The minimum Gasteiger partial charge on any atom is -0.311 e. The molecular weight excluding hydrogens is 362 g/mol. The summed E-state index contributed by atoms with van der Waals surface area (Å²) in [4.78, 5) is 2.28. The van der Waals surface area contributed by atoms with Gasteiger partial charge in [0.15, 0.2) is 0 Å². The van der Waals surface area contributed by atoms with E-state index >= 15 is 0 Å². The second-order valence-electron chi connectivity index (χ2n) is 6.42. The van der Waals surface area contributed by atoms with Crippen molar-refractivity contribution in [3.63, 3.8) is 0 Å². The number of rotatable bonds is 4. The Morgan fingerprint density at radius 3 is 1.13 bits per heavy atom. The van der Waals surface area contributed by atoms with Crippen molar-refractivity contribution in [1.82, 2.24) is 0 Å². The smallest absolute Gasteiger partial charge is 0.0462 e. The third-order valence-corrected chi connectivity index (χ3v) is 4.54. The largest absolute Gasteiger partial charge is 0.311 e. The summed E-state index contributed by atoms with van der Waals surface area (Å²) in [5, 5.41) is 0. The fourth-order valence-electron chi connectivity index (χ4n) is 3.15. The Hall–Kier alpha value is -3.32. The van der Waals surface area contributed by atoms with Crippen LogP contribution in [0, 0.1) is 6.92 Å². The SMILES string of the molecule is CC.CC.Cc1ccc(-c2ccc(N(c3ccccc3)c3ccccc3)cc2)cc1. The normalized spacial score (nSPS) is 9.50. The van der Waals surface area contributed by atoms with Gasteiger partial charge in [-0.3, -0.25) is 0 Å². The monoisotopic (exact) mass is 395 g/mol. The van der Waals surface area contributed by atoms with Gasteiger partial charge in [-0.2, -0.15) is 0 Å². The molecule has 0 aliphatic carbocycles. The van der Waals surface area contributed by atoms with Gasteiger partial charge in [0, 0.05) is 17.1 Å². The van der Waals surface area contributed by atoms with Crippen molar-refractivity contribution in [2.24, 2.45) is 0 Å².